The number of amides is 2. The van der Waals surface area contributed by atoms with E-state index < -0.39 is 0 Å². The molecule has 1 heterocycles. The van der Waals surface area contributed by atoms with Gasteiger partial charge in [-0.05, 0) is 36.5 Å². The fraction of sp³-hybridized carbons (Fsp3) is 0.556. The van der Waals surface area contributed by atoms with E-state index in [1.165, 1.54) is 13.3 Å². The number of methoxy groups -OCH3 is 1. The highest BCUT2D eigenvalue weighted by Crippen LogP contribution is 2.28. The second-order valence-electron chi connectivity index (χ2n) is 6.78. The molecule has 0 aromatic heterocycles. The number of ether oxygens (including phenoxy) is 1. The third kappa shape index (κ3) is 5.23. The Labute approximate surface area is 143 Å². The average molecular weight is 333 g/mol. The van der Waals surface area contributed by atoms with Crippen molar-refractivity contribution < 1.29 is 14.3 Å². The number of nitrogens with one attached hydrogen (secondary N) is 2. The lowest BCUT2D eigenvalue weighted by Crippen LogP contribution is -2.42. The molecule has 6 nitrogen and oxygen atoms in total. The van der Waals surface area contributed by atoms with Gasteiger partial charge in [0.15, 0.2) is 0 Å². The number of hydrogen-bond donors (Lipinski definition) is 2. The van der Waals surface area contributed by atoms with Gasteiger partial charge in [-0.15, -0.1) is 0 Å². The summed E-state index contributed by atoms with van der Waals surface area (Å²) in [5, 5.41) is 5.60. The van der Waals surface area contributed by atoms with E-state index in [0.717, 1.165) is 13.1 Å². The lowest BCUT2D eigenvalue weighted by Gasteiger charge is -2.34. The zero-order valence-corrected chi connectivity index (χ0v) is 14.9. The van der Waals surface area contributed by atoms with E-state index in [-0.39, 0.29) is 11.8 Å². The Balaban J connectivity index is 2.03. The van der Waals surface area contributed by atoms with Gasteiger partial charge in [-0.1, -0.05) is 13.8 Å². The van der Waals surface area contributed by atoms with E-state index in [1.807, 2.05) is 0 Å². The summed E-state index contributed by atoms with van der Waals surface area (Å²) in [5.74, 6) is 1.56. The van der Waals surface area contributed by atoms with Gasteiger partial charge in [0.1, 0.15) is 5.75 Å². The summed E-state index contributed by atoms with van der Waals surface area (Å²) in [5.41, 5.74) is 1.19. The number of piperidine rings is 1. The zero-order chi connectivity index (χ0) is 17.7. The summed E-state index contributed by atoms with van der Waals surface area (Å²) in [4.78, 5) is 25.8. The molecule has 1 saturated heterocycles. The number of anilines is 2. The van der Waals surface area contributed by atoms with Gasteiger partial charge in [0.25, 0.3) is 0 Å². The van der Waals surface area contributed by atoms with Gasteiger partial charge in [0.2, 0.25) is 11.8 Å². The van der Waals surface area contributed by atoms with Crippen molar-refractivity contribution in [2.75, 3.05) is 37.4 Å². The van der Waals surface area contributed by atoms with Crippen LogP contribution in [-0.4, -0.2) is 43.5 Å². The minimum absolute atomic E-state index is 0.0745. The maximum Gasteiger partial charge on any atom is 0.238 e. The minimum Gasteiger partial charge on any atom is -0.495 e. The largest absolute Gasteiger partial charge is 0.495 e. The van der Waals surface area contributed by atoms with Gasteiger partial charge in [0, 0.05) is 25.7 Å². The van der Waals surface area contributed by atoms with Crippen LogP contribution in [0.5, 0.6) is 5.75 Å². The quantitative estimate of drug-likeness (QED) is 0.869. The Kier molecular flexibility index (Phi) is 6.20. The first-order valence-corrected chi connectivity index (χ1v) is 8.35. The molecule has 0 saturated carbocycles. The standard InChI is InChI=1S/C18H27N3O3/c1-12-7-13(2)10-21(9-12)11-18(23)20-16-8-15(19-14(3)22)5-6-17(16)24-4/h5-6,8,12-13H,7,9-11H2,1-4H3,(H,19,22)(H,20,23). The number of carbonyl (C=O) groups is 2. The average Bonchev–Trinajstić information content (AvgIpc) is 2.45. The van der Waals surface area contributed by atoms with E-state index in [0.29, 0.717) is 35.5 Å². The fourth-order valence-electron chi connectivity index (χ4n) is 3.40. The van der Waals surface area contributed by atoms with E-state index in [2.05, 4.69) is 29.4 Å². The monoisotopic (exact) mass is 333 g/mol. The Hall–Kier alpha value is -2.08. The maximum atomic E-state index is 12.4. The van der Waals surface area contributed by atoms with E-state index in [1.54, 1.807) is 25.3 Å². The number of benzene rings is 1. The second-order valence-corrected chi connectivity index (χ2v) is 6.78. The predicted octanol–water partition coefficient (Wildman–Crippen LogP) is 2.57. The maximum absolute atomic E-state index is 12.4. The van der Waals surface area contributed by atoms with Crippen LogP contribution in [0.1, 0.15) is 27.2 Å². The lowest BCUT2D eigenvalue weighted by atomic mass is 9.92. The highest BCUT2D eigenvalue weighted by molar-refractivity contribution is 5.95. The van der Waals surface area contributed by atoms with Crippen molar-refractivity contribution in [2.45, 2.75) is 27.2 Å². The van der Waals surface area contributed by atoms with Gasteiger partial charge in [-0.2, -0.15) is 0 Å². The molecule has 0 radical (unpaired) electrons. The van der Waals surface area contributed by atoms with Crippen molar-refractivity contribution in [3.05, 3.63) is 18.2 Å². The first-order chi connectivity index (χ1) is 11.4. The van der Waals surface area contributed by atoms with Crippen molar-refractivity contribution in [1.29, 1.82) is 0 Å². The Morgan fingerprint density at radius 1 is 1.21 bits per heavy atom. The molecule has 1 aliphatic heterocycles. The van der Waals surface area contributed by atoms with Crippen LogP contribution in [0.3, 0.4) is 0 Å². The molecule has 2 N–H and O–H groups in total. The van der Waals surface area contributed by atoms with Crippen LogP contribution in [0.25, 0.3) is 0 Å². The highest BCUT2D eigenvalue weighted by atomic mass is 16.5. The van der Waals surface area contributed by atoms with Crippen molar-refractivity contribution >= 4 is 23.2 Å². The van der Waals surface area contributed by atoms with Crippen molar-refractivity contribution in [3.8, 4) is 5.75 Å². The topological polar surface area (TPSA) is 70.7 Å². The van der Waals surface area contributed by atoms with Gasteiger partial charge in [-0.3, -0.25) is 14.5 Å². The molecule has 2 unspecified atom stereocenters. The van der Waals surface area contributed by atoms with Crippen LogP contribution in [0.2, 0.25) is 0 Å². The molecule has 2 atom stereocenters. The van der Waals surface area contributed by atoms with Gasteiger partial charge < -0.3 is 15.4 Å². The Morgan fingerprint density at radius 3 is 2.46 bits per heavy atom. The van der Waals surface area contributed by atoms with Crippen LogP contribution in [0.4, 0.5) is 11.4 Å². The number of rotatable bonds is 5. The van der Waals surface area contributed by atoms with Crippen LogP contribution in [0, 0.1) is 11.8 Å². The van der Waals surface area contributed by atoms with E-state index in [9.17, 15) is 9.59 Å². The van der Waals surface area contributed by atoms with Gasteiger partial charge in [0.05, 0.1) is 19.3 Å². The molecule has 24 heavy (non-hydrogen) atoms. The molecule has 2 amide bonds. The summed E-state index contributed by atoms with van der Waals surface area (Å²) in [7, 11) is 1.55. The Morgan fingerprint density at radius 2 is 1.88 bits per heavy atom. The number of likely N-dealkylation sites (tertiary alicyclic amines) is 1. The molecule has 1 aromatic rings. The van der Waals surface area contributed by atoms with Crippen LogP contribution in [0.15, 0.2) is 18.2 Å². The minimum atomic E-state index is -0.159. The normalized spacial score (nSPS) is 21.2. The molecular formula is C18H27N3O3. The summed E-state index contributed by atoms with van der Waals surface area (Å²) < 4.78 is 5.29. The lowest BCUT2D eigenvalue weighted by molar-refractivity contribution is -0.118. The predicted molar refractivity (Wildman–Crippen MR) is 95.3 cm³/mol. The molecule has 1 fully saturated rings. The number of nitrogens with zero attached hydrogens (tertiary/aromatic N) is 1. The Bertz CT molecular complexity index is 593. The summed E-state index contributed by atoms with van der Waals surface area (Å²) in [6, 6.07) is 5.18. The molecule has 0 bridgehead atoms. The van der Waals surface area contributed by atoms with E-state index >= 15 is 0 Å². The van der Waals surface area contributed by atoms with Crippen LogP contribution >= 0.6 is 0 Å². The first-order valence-electron chi connectivity index (χ1n) is 8.35. The molecule has 0 spiro atoms. The molecule has 2 rings (SSSR count). The van der Waals surface area contributed by atoms with Crippen LogP contribution < -0.4 is 15.4 Å². The SMILES string of the molecule is COc1ccc(NC(C)=O)cc1NC(=O)CN1CC(C)CC(C)C1. The fourth-order valence-corrected chi connectivity index (χ4v) is 3.40. The number of hydrogen-bond acceptors (Lipinski definition) is 4. The highest BCUT2D eigenvalue weighted by Gasteiger charge is 2.23. The summed E-state index contributed by atoms with van der Waals surface area (Å²) >= 11 is 0. The molecule has 1 aliphatic rings. The van der Waals surface area contributed by atoms with Gasteiger partial charge in [-0.25, -0.2) is 0 Å². The zero-order valence-electron chi connectivity index (χ0n) is 14.9. The molecule has 132 valence electrons. The summed E-state index contributed by atoms with van der Waals surface area (Å²) in [6.07, 6.45) is 1.21. The van der Waals surface area contributed by atoms with Crippen molar-refractivity contribution in [2.24, 2.45) is 11.8 Å². The second kappa shape index (κ2) is 8.15. The van der Waals surface area contributed by atoms with E-state index in [4.69, 9.17) is 4.74 Å². The molecule has 1 aromatic carbocycles. The van der Waals surface area contributed by atoms with Gasteiger partial charge >= 0.3 is 0 Å². The molecular weight excluding hydrogens is 306 g/mol. The van der Waals surface area contributed by atoms with Crippen LogP contribution in [-0.2, 0) is 9.59 Å². The summed E-state index contributed by atoms with van der Waals surface area (Å²) in [6.45, 7) is 8.14. The molecule has 6 heteroatoms. The first kappa shape index (κ1) is 18.3. The van der Waals surface area contributed by atoms with Crippen molar-refractivity contribution in [3.63, 3.8) is 0 Å². The van der Waals surface area contributed by atoms with Crippen molar-refractivity contribution in [1.82, 2.24) is 4.90 Å². The number of carbonyl (C=O) groups excluding carboxylic acids is 2. The molecule has 0 aliphatic carbocycles. The smallest absolute Gasteiger partial charge is 0.238 e. The third-order valence-electron chi connectivity index (χ3n) is 4.11. The third-order valence-corrected chi connectivity index (χ3v) is 4.11.